The molecule has 0 saturated heterocycles. The van der Waals surface area contributed by atoms with Crippen LogP contribution in [0.25, 0.3) is 0 Å². The normalized spacial score (nSPS) is 24.8. The highest BCUT2D eigenvalue weighted by molar-refractivity contribution is 7.08. The lowest BCUT2D eigenvalue weighted by Gasteiger charge is -2.52. The van der Waals surface area contributed by atoms with E-state index in [0.29, 0.717) is 17.7 Å². The third kappa shape index (κ3) is 6.89. The molecule has 6 atom stereocenters. The van der Waals surface area contributed by atoms with Crippen LogP contribution in [0.15, 0.2) is 22.9 Å². The summed E-state index contributed by atoms with van der Waals surface area (Å²) < 4.78 is 10.00. The van der Waals surface area contributed by atoms with Gasteiger partial charge in [0, 0.05) is 37.6 Å². The molecule has 5 rings (SSSR count). The number of primary amides is 1. The molecule has 3 aliphatic rings. The average Bonchev–Trinajstić information content (AvgIpc) is 3.62. The molecule has 5 N–H and O–H groups in total. The molecule has 53 heavy (non-hydrogen) atoms. The number of phenols is 1. The van der Waals surface area contributed by atoms with Crippen molar-refractivity contribution in [1.82, 2.24) is 9.80 Å². The zero-order valence-corrected chi connectivity index (χ0v) is 30.6. The molecule has 0 bridgehead atoms. The Labute approximate surface area is 308 Å². The second kappa shape index (κ2) is 15.0. The number of benzene rings is 1. The zero-order chi connectivity index (χ0) is 39.1. The van der Waals surface area contributed by atoms with Gasteiger partial charge in [-0.15, -0.1) is 0 Å². The molecule has 1 heterocycles. The number of carbonyl (C=O) groups is 8. The van der Waals surface area contributed by atoms with Gasteiger partial charge >= 0.3 is 12.1 Å². The number of ether oxygens (including phenoxy) is 2. The Kier molecular flexibility index (Phi) is 11.1. The van der Waals surface area contributed by atoms with E-state index in [-0.39, 0.29) is 36.2 Å². The Hall–Kier alpha value is -5.20. The Morgan fingerprint density at radius 3 is 2.36 bits per heavy atom. The number of esters is 1. The summed E-state index contributed by atoms with van der Waals surface area (Å²) in [6.45, 7) is 0.574. The number of thiophene rings is 1. The highest BCUT2D eigenvalue weighted by atomic mass is 32.1. The van der Waals surface area contributed by atoms with Crippen LogP contribution >= 0.6 is 11.3 Å². The summed E-state index contributed by atoms with van der Waals surface area (Å²) >= 11 is 1.28. The van der Waals surface area contributed by atoms with Gasteiger partial charge in [-0.25, -0.2) is 9.59 Å². The van der Waals surface area contributed by atoms with E-state index in [4.69, 9.17) is 15.2 Å². The number of aromatic hydroxyl groups is 1. The van der Waals surface area contributed by atoms with E-state index >= 15 is 0 Å². The van der Waals surface area contributed by atoms with Gasteiger partial charge in [-0.2, -0.15) is 11.3 Å². The van der Waals surface area contributed by atoms with Crippen molar-refractivity contribution >= 4 is 69.7 Å². The molecule has 2 saturated carbocycles. The molecule has 0 spiro atoms. The Bertz CT molecular complexity index is 1880. The molecule has 1 aromatic heterocycles. The third-order valence-electron chi connectivity index (χ3n) is 10.0. The fourth-order valence-electron chi connectivity index (χ4n) is 7.70. The monoisotopic (exact) mass is 755 g/mol. The van der Waals surface area contributed by atoms with Crippen molar-refractivity contribution in [3.8, 4) is 5.75 Å². The number of fused-ring (bicyclic) bond motifs is 3. The predicted octanol–water partition coefficient (Wildman–Crippen LogP) is 0.596. The highest BCUT2D eigenvalue weighted by Crippen LogP contribution is 2.52. The molecule has 0 radical (unpaired) electrons. The maximum absolute atomic E-state index is 14.3. The number of anilines is 2. The van der Waals surface area contributed by atoms with Crippen LogP contribution in [0.5, 0.6) is 5.75 Å². The smallest absolute Gasteiger partial charge is 0.413 e. The molecule has 1 aromatic carbocycles. The van der Waals surface area contributed by atoms with E-state index in [1.165, 1.54) is 36.4 Å². The van der Waals surface area contributed by atoms with Crippen molar-refractivity contribution < 1.29 is 58.0 Å². The molecule has 284 valence electrons. The number of nitrogens with one attached hydrogen (secondary N) is 1. The van der Waals surface area contributed by atoms with Gasteiger partial charge < -0.3 is 35.6 Å². The fraction of sp³-hybridized carbons (Fsp3) is 0.486. The fourth-order valence-corrected chi connectivity index (χ4v) is 8.33. The molecule has 3 amide bonds. The standard InChI is InChI=1S/C35H41N5O12S/c1-6-8-40(34(49)52-15-51-33(48)16-7-9-53-14-16)13-22(41)37-20-12-21(38(2)3)18-10-17-11-19-26(39(4)5)29(44)25(32(36)47)31(46)35(19,50)30(45)23(17)28(43)24(18)27(20)42/h7,9,12,14,17,19,23,25-26,42,50H,6,8,10-11,13,15H2,1-5H3,(H2,36,47)(H,37,41)/t17-,19-,23?,25?,26-,35-/m0/s1. The summed E-state index contributed by atoms with van der Waals surface area (Å²) in [6.07, 6.45) is -0.622. The Balaban J connectivity index is 1.41. The quantitative estimate of drug-likeness (QED) is 0.106. The van der Waals surface area contributed by atoms with Gasteiger partial charge in [0.2, 0.25) is 18.6 Å². The van der Waals surface area contributed by atoms with E-state index < -0.39 is 101 Å². The van der Waals surface area contributed by atoms with Crippen molar-refractivity contribution in [3.63, 3.8) is 0 Å². The number of rotatable bonds is 11. The number of nitrogens with two attached hydrogens (primary N) is 1. The van der Waals surface area contributed by atoms with Gasteiger partial charge in [0.25, 0.3) is 0 Å². The van der Waals surface area contributed by atoms with Crippen LogP contribution in [-0.4, -0.2) is 127 Å². The van der Waals surface area contributed by atoms with Gasteiger partial charge in [0.1, 0.15) is 12.3 Å². The number of aliphatic hydroxyl groups is 1. The third-order valence-corrected chi connectivity index (χ3v) is 10.7. The van der Waals surface area contributed by atoms with Crippen LogP contribution < -0.4 is 16.0 Å². The van der Waals surface area contributed by atoms with Gasteiger partial charge in [0.15, 0.2) is 34.7 Å². The SMILES string of the molecule is CCCN(CC(=O)Nc1cc(N(C)C)c2c(c1O)C(=O)C1C(=O)[C@]3(O)C(=O)C(C(N)=O)C(=O)[C@@H](N(C)C)[C@@H]3C[C@@H]1C2)C(=O)OCOC(=O)c1ccsc1. The number of hydrogen-bond acceptors (Lipinski definition) is 15. The van der Waals surface area contributed by atoms with Crippen molar-refractivity contribution in [2.45, 2.75) is 37.8 Å². The number of ketones is 4. The molecule has 2 aromatic rings. The number of hydrogen-bond donors (Lipinski definition) is 4. The van der Waals surface area contributed by atoms with E-state index in [0.717, 1.165) is 4.90 Å². The maximum Gasteiger partial charge on any atom is 0.413 e. The molecule has 2 unspecified atom stereocenters. The summed E-state index contributed by atoms with van der Waals surface area (Å²) in [6, 6.07) is 1.74. The number of amides is 3. The van der Waals surface area contributed by atoms with Crippen molar-refractivity contribution in [2.24, 2.45) is 29.4 Å². The number of carbonyl (C=O) groups excluding carboxylic acids is 8. The largest absolute Gasteiger partial charge is 0.505 e. The summed E-state index contributed by atoms with van der Waals surface area (Å²) in [5.41, 5.74) is 2.99. The minimum Gasteiger partial charge on any atom is -0.505 e. The maximum atomic E-state index is 14.3. The van der Waals surface area contributed by atoms with Crippen LogP contribution in [-0.2, 0) is 39.9 Å². The molecule has 0 aliphatic heterocycles. The second-order valence-corrected chi connectivity index (χ2v) is 14.6. The van der Waals surface area contributed by atoms with Crippen LogP contribution in [0.4, 0.5) is 16.2 Å². The van der Waals surface area contributed by atoms with Crippen LogP contribution in [0.2, 0.25) is 0 Å². The number of phenolic OH excluding ortho intramolecular Hbond substituents is 1. The summed E-state index contributed by atoms with van der Waals surface area (Å²) in [7, 11) is 6.32. The Morgan fingerprint density at radius 2 is 1.77 bits per heavy atom. The number of Topliss-reactive ketones (excluding diaryl/α,β-unsaturated/α-hetero) is 4. The lowest BCUT2D eigenvalue weighted by molar-refractivity contribution is -0.181. The average molecular weight is 756 g/mol. The lowest BCUT2D eigenvalue weighted by atomic mass is 9.52. The summed E-state index contributed by atoms with van der Waals surface area (Å²) in [5, 5.41) is 29.1. The molecule has 17 nitrogen and oxygen atoms in total. The highest BCUT2D eigenvalue weighted by Gasteiger charge is 2.69. The molecule has 3 aliphatic carbocycles. The summed E-state index contributed by atoms with van der Waals surface area (Å²) in [5.74, 6) is -13.6. The predicted molar refractivity (Wildman–Crippen MR) is 187 cm³/mol. The number of likely N-dealkylation sites (N-methyl/N-ethyl adjacent to an activating group) is 1. The van der Waals surface area contributed by atoms with E-state index in [2.05, 4.69) is 5.32 Å². The van der Waals surface area contributed by atoms with Crippen LogP contribution in [0.1, 0.15) is 46.0 Å². The van der Waals surface area contributed by atoms with E-state index in [9.17, 15) is 48.6 Å². The van der Waals surface area contributed by atoms with E-state index in [1.807, 2.05) is 0 Å². The molecule has 2 fully saturated rings. The lowest BCUT2D eigenvalue weighted by Crippen LogP contribution is -2.74. The minimum absolute atomic E-state index is 0.0221. The first-order chi connectivity index (χ1) is 24.9. The van der Waals surface area contributed by atoms with Gasteiger partial charge in [-0.05, 0) is 62.4 Å². The van der Waals surface area contributed by atoms with Gasteiger partial charge in [0.05, 0.1) is 28.8 Å². The van der Waals surface area contributed by atoms with Crippen molar-refractivity contribution in [1.29, 1.82) is 0 Å². The first-order valence-electron chi connectivity index (χ1n) is 16.8. The van der Waals surface area contributed by atoms with E-state index in [1.54, 1.807) is 42.7 Å². The minimum atomic E-state index is -2.89. The van der Waals surface area contributed by atoms with Crippen LogP contribution in [0.3, 0.4) is 0 Å². The first kappa shape index (κ1) is 39.0. The van der Waals surface area contributed by atoms with Crippen molar-refractivity contribution in [2.75, 3.05) is 58.3 Å². The molecule has 18 heteroatoms. The zero-order valence-electron chi connectivity index (χ0n) is 29.7. The Morgan fingerprint density at radius 1 is 1.08 bits per heavy atom. The summed E-state index contributed by atoms with van der Waals surface area (Å²) in [4.78, 5) is 110. The number of nitrogens with zero attached hydrogens (tertiary/aromatic N) is 3. The van der Waals surface area contributed by atoms with Gasteiger partial charge in [-0.1, -0.05) is 6.92 Å². The van der Waals surface area contributed by atoms with Crippen LogP contribution in [0, 0.1) is 23.7 Å². The molecular weight excluding hydrogens is 714 g/mol. The topological polar surface area (TPSA) is 243 Å². The first-order valence-corrected chi connectivity index (χ1v) is 17.7. The van der Waals surface area contributed by atoms with Gasteiger partial charge in [-0.3, -0.25) is 38.6 Å². The van der Waals surface area contributed by atoms with Crippen molar-refractivity contribution in [3.05, 3.63) is 39.6 Å². The second-order valence-electron chi connectivity index (χ2n) is 13.8. The molecular formula is C35H41N5O12S.